The number of benzene rings is 3. The largest absolute Gasteiger partial charge is 0.484 e. The van der Waals surface area contributed by atoms with Gasteiger partial charge in [-0.2, -0.15) is 0 Å². The molecule has 0 spiro atoms. The van der Waals surface area contributed by atoms with Crippen molar-refractivity contribution in [1.82, 2.24) is 10.2 Å². The topological polar surface area (TPSA) is 58.6 Å². The molecular formula is C27H30N2O3. The molecule has 0 heterocycles. The summed E-state index contributed by atoms with van der Waals surface area (Å²) in [6.07, 6.45) is 0.426. The van der Waals surface area contributed by atoms with E-state index >= 15 is 0 Å². The van der Waals surface area contributed by atoms with Crippen LogP contribution in [-0.4, -0.2) is 35.9 Å². The third-order valence-electron chi connectivity index (χ3n) is 5.33. The molecular weight excluding hydrogens is 400 g/mol. The first-order valence-corrected chi connectivity index (χ1v) is 10.9. The molecule has 0 aliphatic rings. The normalized spacial score (nSPS) is 11.4. The van der Waals surface area contributed by atoms with Crippen LogP contribution in [-0.2, 0) is 22.6 Å². The second-order valence-electron chi connectivity index (χ2n) is 7.65. The monoisotopic (exact) mass is 430 g/mol. The van der Waals surface area contributed by atoms with E-state index in [1.54, 1.807) is 4.90 Å². The summed E-state index contributed by atoms with van der Waals surface area (Å²) in [5.74, 6) is 0.219. The fourth-order valence-corrected chi connectivity index (χ4v) is 3.56. The van der Waals surface area contributed by atoms with Gasteiger partial charge in [0.25, 0.3) is 5.91 Å². The van der Waals surface area contributed by atoms with Crippen LogP contribution in [0.2, 0.25) is 0 Å². The van der Waals surface area contributed by atoms with Crippen LogP contribution in [0, 0.1) is 6.92 Å². The highest BCUT2D eigenvalue weighted by atomic mass is 16.5. The molecule has 5 heteroatoms. The number of amides is 2. The number of rotatable bonds is 10. The van der Waals surface area contributed by atoms with Crippen molar-refractivity contribution >= 4 is 11.8 Å². The Balaban J connectivity index is 1.89. The van der Waals surface area contributed by atoms with Gasteiger partial charge in [-0.1, -0.05) is 72.8 Å². The molecule has 0 radical (unpaired) electrons. The van der Waals surface area contributed by atoms with Gasteiger partial charge in [0.1, 0.15) is 11.8 Å². The molecule has 3 aromatic carbocycles. The average molecular weight is 431 g/mol. The van der Waals surface area contributed by atoms with Crippen LogP contribution >= 0.6 is 0 Å². The Morgan fingerprint density at radius 2 is 1.53 bits per heavy atom. The smallest absolute Gasteiger partial charge is 0.261 e. The fraction of sp³-hybridized carbons (Fsp3) is 0.259. The van der Waals surface area contributed by atoms with E-state index in [9.17, 15) is 9.59 Å². The first-order chi connectivity index (χ1) is 15.6. The molecule has 0 saturated heterocycles. The number of likely N-dealkylation sites (N-methyl/N-ethyl adjacent to an activating group) is 1. The standard InChI is InChI=1S/C27H30N2O3/c1-3-28-27(31)25(18-22-13-6-4-7-14-22)29(19-23-15-11-10-12-21(23)2)26(30)20-32-24-16-8-5-9-17-24/h4-17,25H,3,18-20H2,1-2H3,(H,28,31)/t25-/m1/s1. The van der Waals surface area contributed by atoms with E-state index < -0.39 is 6.04 Å². The second kappa shape index (κ2) is 11.7. The van der Waals surface area contributed by atoms with Crippen LogP contribution in [0.15, 0.2) is 84.9 Å². The van der Waals surface area contributed by atoms with Crippen LogP contribution in [0.5, 0.6) is 5.75 Å². The van der Waals surface area contributed by atoms with Crippen LogP contribution in [0.25, 0.3) is 0 Å². The molecule has 0 saturated carbocycles. The Labute approximate surface area is 190 Å². The second-order valence-corrected chi connectivity index (χ2v) is 7.65. The summed E-state index contributed by atoms with van der Waals surface area (Å²) in [4.78, 5) is 28.1. The van der Waals surface area contributed by atoms with Crippen molar-refractivity contribution in [3.63, 3.8) is 0 Å². The van der Waals surface area contributed by atoms with Crippen LogP contribution in [0.3, 0.4) is 0 Å². The first-order valence-electron chi connectivity index (χ1n) is 10.9. The molecule has 2 amide bonds. The molecule has 32 heavy (non-hydrogen) atoms. The lowest BCUT2D eigenvalue weighted by molar-refractivity contribution is -0.142. The lowest BCUT2D eigenvalue weighted by Gasteiger charge is -2.31. The van der Waals surface area contributed by atoms with Gasteiger partial charge in [0, 0.05) is 19.5 Å². The molecule has 1 N–H and O–H groups in total. The van der Waals surface area contributed by atoms with Crippen LogP contribution in [0.1, 0.15) is 23.6 Å². The first kappa shape index (κ1) is 23.1. The summed E-state index contributed by atoms with van der Waals surface area (Å²) >= 11 is 0. The van der Waals surface area contributed by atoms with Crippen LogP contribution in [0.4, 0.5) is 0 Å². The van der Waals surface area contributed by atoms with Gasteiger partial charge in [0.05, 0.1) is 0 Å². The number of nitrogens with one attached hydrogen (secondary N) is 1. The molecule has 0 aliphatic heterocycles. The molecule has 1 atom stereocenters. The quantitative estimate of drug-likeness (QED) is 0.526. The van der Waals surface area contributed by atoms with Gasteiger partial charge in [-0.3, -0.25) is 9.59 Å². The van der Waals surface area contributed by atoms with E-state index in [1.165, 1.54) is 0 Å². The van der Waals surface area contributed by atoms with Gasteiger partial charge in [-0.15, -0.1) is 0 Å². The zero-order valence-corrected chi connectivity index (χ0v) is 18.7. The van der Waals surface area contributed by atoms with E-state index in [0.29, 0.717) is 25.3 Å². The van der Waals surface area contributed by atoms with Crippen molar-refractivity contribution in [2.45, 2.75) is 32.9 Å². The third kappa shape index (κ3) is 6.45. The SMILES string of the molecule is CCNC(=O)[C@@H](Cc1ccccc1)N(Cc1ccccc1C)C(=O)COc1ccccc1. The maximum Gasteiger partial charge on any atom is 0.261 e. The number of aryl methyl sites for hydroxylation is 1. The molecule has 0 fully saturated rings. The Kier molecular flexibility index (Phi) is 8.44. The van der Waals surface area contributed by atoms with Gasteiger partial charge in [-0.05, 0) is 42.7 Å². The zero-order chi connectivity index (χ0) is 22.8. The van der Waals surface area contributed by atoms with Crippen molar-refractivity contribution in [1.29, 1.82) is 0 Å². The van der Waals surface area contributed by atoms with Gasteiger partial charge < -0.3 is 15.0 Å². The summed E-state index contributed by atoms with van der Waals surface area (Å²) < 4.78 is 5.73. The lowest BCUT2D eigenvalue weighted by atomic mass is 10.0. The molecule has 0 aliphatic carbocycles. The van der Waals surface area contributed by atoms with Crippen molar-refractivity contribution in [3.05, 3.63) is 102 Å². The van der Waals surface area contributed by atoms with E-state index in [1.807, 2.05) is 98.8 Å². The molecule has 3 rings (SSSR count). The maximum atomic E-state index is 13.4. The summed E-state index contributed by atoms with van der Waals surface area (Å²) in [5.41, 5.74) is 3.07. The number of para-hydroxylation sites is 1. The predicted octanol–water partition coefficient (Wildman–Crippen LogP) is 4.15. The third-order valence-corrected chi connectivity index (χ3v) is 5.33. The summed E-state index contributed by atoms with van der Waals surface area (Å²) in [5, 5.41) is 2.90. The average Bonchev–Trinajstić information content (AvgIpc) is 2.82. The summed E-state index contributed by atoms with van der Waals surface area (Å²) in [7, 11) is 0. The van der Waals surface area contributed by atoms with Crippen molar-refractivity contribution in [3.8, 4) is 5.75 Å². The van der Waals surface area contributed by atoms with Crippen LogP contribution < -0.4 is 10.1 Å². The Bertz CT molecular complexity index is 1010. The van der Waals surface area contributed by atoms with Crippen molar-refractivity contribution in [2.75, 3.05) is 13.2 Å². The molecule has 0 aromatic heterocycles. The summed E-state index contributed by atoms with van der Waals surface area (Å²) in [6, 6.07) is 26.3. The number of ether oxygens (including phenoxy) is 1. The molecule has 3 aromatic rings. The highest BCUT2D eigenvalue weighted by molar-refractivity contribution is 5.88. The number of carbonyl (C=O) groups is 2. The lowest BCUT2D eigenvalue weighted by Crippen LogP contribution is -2.51. The minimum Gasteiger partial charge on any atom is -0.484 e. The minimum atomic E-state index is -0.649. The predicted molar refractivity (Wildman–Crippen MR) is 126 cm³/mol. The summed E-state index contributed by atoms with van der Waals surface area (Å²) in [6.45, 7) is 4.58. The Morgan fingerprint density at radius 1 is 0.906 bits per heavy atom. The maximum absolute atomic E-state index is 13.4. The highest BCUT2D eigenvalue weighted by Crippen LogP contribution is 2.18. The van der Waals surface area contributed by atoms with E-state index in [4.69, 9.17) is 4.74 Å². The molecule has 5 nitrogen and oxygen atoms in total. The number of hydrogen-bond acceptors (Lipinski definition) is 3. The Morgan fingerprint density at radius 3 is 2.19 bits per heavy atom. The number of hydrogen-bond donors (Lipinski definition) is 1. The van der Waals surface area contributed by atoms with E-state index in [0.717, 1.165) is 16.7 Å². The van der Waals surface area contributed by atoms with E-state index in [-0.39, 0.29) is 18.4 Å². The zero-order valence-electron chi connectivity index (χ0n) is 18.7. The van der Waals surface area contributed by atoms with Gasteiger partial charge in [0.2, 0.25) is 5.91 Å². The van der Waals surface area contributed by atoms with Gasteiger partial charge in [0.15, 0.2) is 6.61 Å². The number of nitrogens with zero attached hydrogens (tertiary/aromatic N) is 1. The van der Waals surface area contributed by atoms with Crippen molar-refractivity contribution in [2.24, 2.45) is 0 Å². The molecule has 0 unspecified atom stereocenters. The highest BCUT2D eigenvalue weighted by Gasteiger charge is 2.30. The minimum absolute atomic E-state index is 0.138. The van der Waals surface area contributed by atoms with Crippen molar-refractivity contribution < 1.29 is 14.3 Å². The fourth-order valence-electron chi connectivity index (χ4n) is 3.56. The molecule has 0 bridgehead atoms. The molecule has 166 valence electrons. The van der Waals surface area contributed by atoms with Gasteiger partial charge in [-0.25, -0.2) is 0 Å². The van der Waals surface area contributed by atoms with E-state index in [2.05, 4.69) is 5.32 Å². The Hall–Kier alpha value is -3.60. The van der Waals surface area contributed by atoms with Gasteiger partial charge >= 0.3 is 0 Å². The number of carbonyl (C=O) groups excluding carboxylic acids is 2.